The normalized spacial score (nSPS) is 11.0. The fraction of sp³-hybridized carbons (Fsp3) is 0.167. The summed E-state index contributed by atoms with van der Waals surface area (Å²) in [5.41, 5.74) is 8.94. The molecule has 4 nitrogen and oxygen atoms in total. The molecule has 0 atom stereocenters. The first-order valence-electron chi connectivity index (χ1n) is 5.39. The van der Waals surface area contributed by atoms with E-state index in [1.807, 2.05) is 30.7 Å². The summed E-state index contributed by atoms with van der Waals surface area (Å²) in [5, 5.41) is 8.70. The average Bonchev–Trinajstić information content (AvgIpc) is 3.01. The molecule has 0 saturated heterocycles. The van der Waals surface area contributed by atoms with Crippen molar-refractivity contribution in [1.82, 2.24) is 10.1 Å². The van der Waals surface area contributed by atoms with E-state index in [4.69, 9.17) is 10.3 Å². The first-order chi connectivity index (χ1) is 8.66. The van der Waals surface area contributed by atoms with Crippen molar-refractivity contribution in [2.24, 2.45) is 0 Å². The zero-order valence-electron chi connectivity index (χ0n) is 9.93. The van der Waals surface area contributed by atoms with Crippen LogP contribution in [0, 0.1) is 13.8 Å². The summed E-state index contributed by atoms with van der Waals surface area (Å²) in [6, 6.07) is 1.97. The molecule has 0 spiro atoms. The smallest absolute Gasteiger partial charge is 0.261 e. The number of nitrogens with zero attached hydrogens (tertiary/aromatic N) is 2. The molecule has 92 valence electrons. The van der Waals surface area contributed by atoms with Crippen LogP contribution in [0.4, 0.5) is 5.00 Å². The minimum atomic E-state index is 0.496. The summed E-state index contributed by atoms with van der Waals surface area (Å²) in [6.45, 7) is 4.06. The van der Waals surface area contributed by atoms with Gasteiger partial charge in [-0.15, -0.1) is 11.3 Å². The van der Waals surface area contributed by atoms with Crippen LogP contribution in [0.1, 0.15) is 10.4 Å². The molecule has 0 amide bonds. The minimum absolute atomic E-state index is 0.496. The van der Waals surface area contributed by atoms with Gasteiger partial charge in [-0.1, -0.05) is 5.16 Å². The number of hydrogen-bond donors (Lipinski definition) is 1. The lowest BCUT2D eigenvalue weighted by molar-refractivity contribution is 0.432. The van der Waals surface area contributed by atoms with Gasteiger partial charge >= 0.3 is 0 Å². The fourth-order valence-electron chi connectivity index (χ4n) is 1.75. The highest BCUT2D eigenvalue weighted by Crippen LogP contribution is 2.37. The molecule has 0 saturated carbocycles. The standard InChI is InChI=1S/C12H11N3OS2/c1-6-7(2)18-10(13)9(6)12-14-11(15-16-12)8-3-4-17-5-8/h3-5H,13H2,1-2H3. The molecule has 3 rings (SSSR count). The lowest BCUT2D eigenvalue weighted by Crippen LogP contribution is -1.86. The number of hydrogen-bond acceptors (Lipinski definition) is 6. The second-order valence-electron chi connectivity index (χ2n) is 3.96. The van der Waals surface area contributed by atoms with Crippen molar-refractivity contribution in [1.29, 1.82) is 0 Å². The van der Waals surface area contributed by atoms with E-state index >= 15 is 0 Å². The topological polar surface area (TPSA) is 64.9 Å². The second-order valence-corrected chi connectivity index (χ2v) is 5.99. The summed E-state index contributed by atoms with van der Waals surface area (Å²) in [7, 11) is 0. The Bertz CT molecular complexity index is 682. The van der Waals surface area contributed by atoms with Crippen LogP contribution in [-0.4, -0.2) is 10.1 Å². The zero-order chi connectivity index (χ0) is 12.7. The lowest BCUT2D eigenvalue weighted by Gasteiger charge is -1.94. The highest BCUT2D eigenvalue weighted by Gasteiger charge is 2.18. The zero-order valence-corrected chi connectivity index (χ0v) is 11.6. The van der Waals surface area contributed by atoms with E-state index < -0.39 is 0 Å². The van der Waals surface area contributed by atoms with Gasteiger partial charge in [0.25, 0.3) is 5.89 Å². The monoisotopic (exact) mass is 277 g/mol. The molecule has 0 aliphatic heterocycles. The first-order valence-corrected chi connectivity index (χ1v) is 7.15. The molecule has 3 aromatic heterocycles. The van der Waals surface area contributed by atoms with Crippen LogP contribution in [0.15, 0.2) is 21.3 Å². The van der Waals surface area contributed by atoms with Crippen LogP contribution in [-0.2, 0) is 0 Å². The third kappa shape index (κ3) is 1.74. The highest BCUT2D eigenvalue weighted by molar-refractivity contribution is 7.16. The lowest BCUT2D eigenvalue weighted by atomic mass is 10.1. The number of aryl methyl sites for hydroxylation is 1. The van der Waals surface area contributed by atoms with Gasteiger partial charge in [-0.3, -0.25) is 0 Å². The summed E-state index contributed by atoms with van der Waals surface area (Å²) in [5.74, 6) is 1.10. The van der Waals surface area contributed by atoms with Crippen LogP contribution >= 0.6 is 22.7 Å². The summed E-state index contributed by atoms with van der Waals surface area (Å²) >= 11 is 3.16. The molecule has 0 bridgehead atoms. The van der Waals surface area contributed by atoms with Crippen molar-refractivity contribution in [2.75, 3.05) is 5.73 Å². The Morgan fingerprint density at radius 3 is 2.78 bits per heavy atom. The number of nitrogens with two attached hydrogens (primary N) is 1. The van der Waals surface area contributed by atoms with E-state index in [0.29, 0.717) is 11.7 Å². The quantitative estimate of drug-likeness (QED) is 0.775. The summed E-state index contributed by atoms with van der Waals surface area (Å²) < 4.78 is 5.32. The first kappa shape index (κ1) is 11.4. The molecule has 0 aliphatic carbocycles. The van der Waals surface area contributed by atoms with E-state index in [-0.39, 0.29) is 0 Å². The third-order valence-electron chi connectivity index (χ3n) is 2.83. The SMILES string of the molecule is Cc1sc(N)c(-c2nc(-c3ccsc3)no2)c1C. The summed E-state index contributed by atoms with van der Waals surface area (Å²) in [6.07, 6.45) is 0. The molecule has 6 heteroatoms. The van der Waals surface area contributed by atoms with Crippen molar-refractivity contribution in [2.45, 2.75) is 13.8 Å². The maximum Gasteiger partial charge on any atom is 0.261 e. The van der Waals surface area contributed by atoms with Gasteiger partial charge < -0.3 is 10.3 Å². The van der Waals surface area contributed by atoms with Gasteiger partial charge in [0.05, 0.1) is 10.6 Å². The van der Waals surface area contributed by atoms with Gasteiger partial charge in [-0.2, -0.15) is 16.3 Å². The van der Waals surface area contributed by atoms with E-state index in [1.165, 1.54) is 4.88 Å². The molecule has 0 unspecified atom stereocenters. The van der Waals surface area contributed by atoms with Crippen molar-refractivity contribution in [3.63, 3.8) is 0 Å². The molecule has 3 aromatic rings. The van der Waals surface area contributed by atoms with Crippen LogP contribution in [0.25, 0.3) is 22.8 Å². The number of rotatable bonds is 2. The van der Waals surface area contributed by atoms with Crippen LogP contribution in [0.5, 0.6) is 0 Å². The van der Waals surface area contributed by atoms with Crippen molar-refractivity contribution >= 4 is 27.7 Å². The van der Waals surface area contributed by atoms with E-state index in [9.17, 15) is 0 Å². The van der Waals surface area contributed by atoms with Crippen molar-refractivity contribution < 1.29 is 4.52 Å². The molecule has 0 radical (unpaired) electrons. The van der Waals surface area contributed by atoms with Crippen LogP contribution < -0.4 is 5.73 Å². The Morgan fingerprint density at radius 2 is 2.17 bits per heavy atom. The Balaban J connectivity index is 2.08. The second kappa shape index (κ2) is 4.22. The fourth-order valence-corrected chi connectivity index (χ4v) is 3.31. The van der Waals surface area contributed by atoms with Crippen LogP contribution in [0.2, 0.25) is 0 Å². The van der Waals surface area contributed by atoms with E-state index in [0.717, 1.165) is 21.7 Å². The molecular weight excluding hydrogens is 266 g/mol. The van der Waals surface area contributed by atoms with Crippen molar-refractivity contribution in [3.8, 4) is 22.8 Å². The van der Waals surface area contributed by atoms with Gasteiger partial charge in [0, 0.05) is 15.8 Å². The Labute approximate surface area is 112 Å². The predicted molar refractivity (Wildman–Crippen MR) is 74.8 cm³/mol. The molecular formula is C12H11N3OS2. The Hall–Kier alpha value is -1.66. The number of anilines is 1. The summed E-state index contributed by atoms with van der Waals surface area (Å²) in [4.78, 5) is 5.59. The van der Waals surface area contributed by atoms with Gasteiger partial charge in [0.2, 0.25) is 5.82 Å². The van der Waals surface area contributed by atoms with E-state index in [1.54, 1.807) is 22.7 Å². The van der Waals surface area contributed by atoms with Gasteiger partial charge in [-0.05, 0) is 30.9 Å². The number of aromatic nitrogens is 2. The van der Waals surface area contributed by atoms with E-state index in [2.05, 4.69) is 10.1 Å². The number of nitrogen functional groups attached to an aromatic ring is 1. The number of thiophene rings is 2. The van der Waals surface area contributed by atoms with Gasteiger partial charge in [-0.25, -0.2) is 0 Å². The molecule has 2 N–H and O–H groups in total. The molecule has 0 aliphatic rings. The molecule has 18 heavy (non-hydrogen) atoms. The Kier molecular flexibility index (Phi) is 2.68. The van der Waals surface area contributed by atoms with Crippen molar-refractivity contribution in [3.05, 3.63) is 27.3 Å². The Morgan fingerprint density at radius 1 is 1.33 bits per heavy atom. The maximum absolute atomic E-state index is 5.99. The average molecular weight is 277 g/mol. The highest BCUT2D eigenvalue weighted by atomic mass is 32.1. The molecule has 3 heterocycles. The van der Waals surface area contributed by atoms with Gasteiger partial charge in [0.1, 0.15) is 0 Å². The maximum atomic E-state index is 5.99. The minimum Gasteiger partial charge on any atom is -0.390 e. The van der Waals surface area contributed by atoms with Crippen LogP contribution in [0.3, 0.4) is 0 Å². The third-order valence-corrected chi connectivity index (χ3v) is 4.55. The van der Waals surface area contributed by atoms with Gasteiger partial charge in [0.15, 0.2) is 0 Å². The largest absolute Gasteiger partial charge is 0.390 e. The predicted octanol–water partition coefficient (Wildman–Crippen LogP) is 3.73. The molecule has 0 aromatic carbocycles. The molecule has 0 fully saturated rings.